The molecule has 0 spiro atoms. The van der Waals surface area contributed by atoms with Crippen molar-refractivity contribution in [3.05, 3.63) is 41.9 Å². The Hall–Kier alpha value is -1.79. The van der Waals surface area contributed by atoms with Crippen LogP contribution in [0.5, 0.6) is 0 Å². The summed E-state index contributed by atoms with van der Waals surface area (Å²) in [5.74, 6) is -0.970. The molecule has 4 nitrogen and oxygen atoms in total. The first-order valence-electron chi connectivity index (χ1n) is 4.98. The highest BCUT2D eigenvalue weighted by atomic mass is 19.1. The largest absolute Gasteiger partial charge is 0.394 e. The third-order valence-electron chi connectivity index (χ3n) is 2.36. The molecule has 1 heterocycles. The number of aromatic amines is 1. The molecule has 1 aromatic heterocycles. The molecule has 1 atom stereocenters. The molecule has 0 aliphatic rings. The van der Waals surface area contributed by atoms with E-state index in [0.717, 1.165) is 12.1 Å². The number of imidazole rings is 1. The van der Waals surface area contributed by atoms with Crippen molar-refractivity contribution in [2.75, 3.05) is 6.61 Å². The lowest BCUT2D eigenvalue weighted by molar-refractivity contribution is 0.264. The second-order valence-corrected chi connectivity index (χ2v) is 3.60. The van der Waals surface area contributed by atoms with Crippen LogP contribution in [0.1, 0.15) is 11.9 Å². The van der Waals surface area contributed by atoms with Gasteiger partial charge in [0, 0.05) is 11.6 Å². The van der Waals surface area contributed by atoms with E-state index in [1.165, 1.54) is 12.3 Å². The molecular formula is C11H11F2N3O. The predicted molar refractivity (Wildman–Crippen MR) is 58.0 cm³/mol. The number of nitrogens with zero attached hydrogens (tertiary/aromatic N) is 1. The maximum absolute atomic E-state index is 13.5. The van der Waals surface area contributed by atoms with Crippen molar-refractivity contribution in [3.8, 4) is 11.3 Å². The van der Waals surface area contributed by atoms with E-state index in [-0.39, 0.29) is 12.2 Å². The summed E-state index contributed by atoms with van der Waals surface area (Å²) in [5.41, 5.74) is 6.14. The first-order valence-corrected chi connectivity index (χ1v) is 4.98. The lowest BCUT2D eigenvalue weighted by Crippen LogP contribution is -2.15. The minimum Gasteiger partial charge on any atom is -0.394 e. The van der Waals surface area contributed by atoms with Gasteiger partial charge in [-0.1, -0.05) is 0 Å². The molecule has 0 saturated carbocycles. The molecule has 4 N–H and O–H groups in total. The summed E-state index contributed by atoms with van der Waals surface area (Å²) in [6.07, 6.45) is 1.39. The van der Waals surface area contributed by atoms with Crippen LogP contribution >= 0.6 is 0 Å². The Labute approximate surface area is 96.1 Å². The van der Waals surface area contributed by atoms with Crippen LogP contribution in [0.3, 0.4) is 0 Å². The SMILES string of the molecule is NC(CO)c1ncc(-c2ccc(F)cc2F)[nH]1. The third kappa shape index (κ3) is 2.32. The van der Waals surface area contributed by atoms with E-state index >= 15 is 0 Å². The number of nitrogens with one attached hydrogen (secondary N) is 1. The van der Waals surface area contributed by atoms with Gasteiger partial charge in [-0.25, -0.2) is 13.8 Å². The molecule has 0 aliphatic carbocycles. The molecule has 1 aromatic carbocycles. The van der Waals surface area contributed by atoms with Crippen molar-refractivity contribution < 1.29 is 13.9 Å². The van der Waals surface area contributed by atoms with Gasteiger partial charge in [-0.2, -0.15) is 0 Å². The molecule has 90 valence electrons. The Bertz CT molecular complexity index is 527. The number of aliphatic hydroxyl groups is 1. The van der Waals surface area contributed by atoms with Crippen LogP contribution < -0.4 is 5.73 Å². The van der Waals surface area contributed by atoms with Crippen molar-refractivity contribution in [1.82, 2.24) is 9.97 Å². The molecule has 1 unspecified atom stereocenters. The van der Waals surface area contributed by atoms with Gasteiger partial charge in [-0.15, -0.1) is 0 Å². The number of H-pyrrole nitrogens is 1. The van der Waals surface area contributed by atoms with Gasteiger partial charge in [0.1, 0.15) is 17.5 Å². The zero-order chi connectivity index (χ0) is 12.4. The van der Waals surface area contributed by atoms with Crippen LogP contribution in [0.4, 0.5) is 8.78 Å². The number of aromatic nitrogens is 2. The maximum atomic E-state index is 13.5. The number of aliphatic hydroxyl groups excluding tert-OH is 1. The standard InChI is InChI=1S/C11H11F2N3O/c12-6-1-2-7(8(13)3-6)10-4-15-11(16-10)9(14)5-17/h1-4,9,17H,5,14H2,(H,15,16). The summed E-state index contributed by atoms with van der Waals surface area (Å²) in [5, 5.41) is 8.85. The summed E-state index contributed by atoms with van der Waals surface area (Å²) in [4.78, 5) is 6.71. The zero-order valence-electron chi connectivity index (χ0n) is 8.82. The van der Waals surface area contributed by atoms with Crippen molar-refractivity contribution >= 4 is 0 Å². The lowest BCUT2D eigenvalue weighted by Gasteiger charge is -2.03. The molecule has 0 radical (unpaired) electrons. The molecular weight excluding hydrogens is 228 g/mol. The van der Waals surface area contributed by atoms with Gasteiger partial charge in [0.05, 0.1) is 24.5 Å². The molecule has 0 bridgehead atoms. The van der Waals surface area contributed by atoms with Gasteiger partial charge in [0.25, 0.3) is 0 Å². The predicted octanol–water partition coefficient (Wildman–Crippen LogP) is 1.35. The number of halogens is 2. The van der Waals surface area contributed by atoms with Gasteiger partial charge in [-0.05, 0) is 12.1 Å². The smallest absolute Gasteiger partial charge is 0.135 e. The zero-order valence-corrected chi connectivity index (χ0v) is 8.82. The van der Waals surface area contributed by atoms with Crippen molar-refractivity contribution in [1.29, 1.82) is 0 Å². The van der Waals surface area contributed by atoms with Crippen molar-refractivity contribution in [2.45, 2.75) is 6.04 Å². The van der Waals surface area contributed by atoms with Gasteiger partial charge < -0.3 is 15.8 Å². The molecule has 0 aliphatic heterocycles. The number of hydrogen-bond acceptors (Lipinski definition) is 3. The first kappa shape index (κ1) is 11.7. The monoisotopic (exact) mass is 239 g/mol. The Morgan fingerprint density at radius 1 is 1.41 bits per heavy atom. The van der Waals surface area contributed by atoms with Gasteiger partial charge in [-0.3, -0.25) is 0 Å². The lowest BCUT2D eigenvalue weighted by atomic mass is 10.1. The van der Waals surface area contributed by atoms with Crippen LogP contribution in [0.2, 0.25) is 0 Å². The average Bonchev–Trinajstić information content (AvgIpc) is 2.77. The molecule has 17 heavy (non-hydrogen) atoms. The molecule has 0 saturated heterocycles. The normalized spacial score (nSPS) is 12.7. The summed E-state index contributed by atoms with van der Waals surface area (Å²) < 4.78 is 26.2. The summed E-state index contributed by atoms with van der Waals surface area (Å²) in [6.45, 7) is -0.265. The maximum Gasteiger partial charge on any atom is 0.135 e. The Morgan fingerprint density at radius 3 is 2.82 bits per heavy atom. The first-order chi connectivity index (χ1) is 8.11. The average molecular weight is 239 g/mol. The van der Waals surface area contributed by atoms with E-state index in [9.17, 15) is 8.78 Å². The van der Waals surface area contributed by atoms with E-state index in [2.05, 4.69) is 9.97 Å². The number of benzene rings is 1. The fourth-order valence-corrected chi connectivity index (χ4v) is 1.46. The van der Waals surface area contributed by atoms with Crippen molar-refractivity contribution in [2.24, 2.45) is 5.73 Å². The van der Waals surface area contributed by atoms with E-state index < -0.39 is 17.7 Å². The van der Waals surface area contributed by atoms with E-state index in [1.807, 2.05) is 0 Å². The molecule has 2 aromatic rings. The highest BCUT2D eigenvalue weighted by Crippen LogP contribution is 2.22. The molecule has 0 amide bonds. The minimum absolute atomic E-state index is 0.204. The Balaban J connectivity index is 2.37. The second-order valence-electron chi connectivity index (χ2n) is 3.60. The number of rotatable bonds is 3. The second kappa shape index (κ2) is 4.60. The number of nitrogens with two attached hydrogens (primary N) is 1. The van der Waals surface area contributed by atoms with Gasteiger partial charge in [0.2, 0.25) is 0 Å². The highest BCUT2D eigenvalue weighted by molar-refractivity contribution is 5.59. The van der Waals surface area contributed by atoms with Gasteiger partial charge >= 0.3 is 0 Å². The van der Waals surface area contributed by atoms with Gasteiger partial charge in [0.15, 0.2) is 0 Å². The summed E-state index contributed by atoms with van der Waals surface area (Å²) >= 11 is 0. The summed E-state index contributed by atoms with van der Waals surface area (Å²) in [7, 11) is 0. The Kier molecular flexibility index (Phi) is 3.16. The Morgan fingerprint density at radius 2 is 2.18 bits per heavy atom. The number of hydrogen-bond donors (Lipinski definition) is 3. The van der Waals surface area contributed by atoms with Crippen LogP contribution in [-0.4, -0.2) is 21.7 Å². The quantitative estimate of drug-likeness (QED) is 0.756. The molecule has 2 rings (SSSR count). The van der Waals surface area contributed by atoms with E-state index in [0.29, 0.717) is 11.5 Å². The van der Waals surface area contributed by atoms with Crippen molar-refractivity contribution in [3.63, 3.8) is 0 Å². The van der Waals surface area contributed by atoms with Crippen LogP contribution in [0.25, 0.3) is 11.3 Å². The fourth-order valence-electron chi connectivity index (χ4n) is 1.46. The third-order valence-corrected chi connectivity index (χ3v) is 2.36. The highest BCUT2D eigenvalue weighted by Gasteiger charge is 2.12. The van der Waals surface area contributed by atoms with Crippen LogP contribution in [-0.2, 0) is 0 Å². The van der Waals surface area contributed by atoms with Crippen LogP contribution in [0.15, 0.2) is 24.4 Å². The van der Waals surface area contributed by atoms with E-state index in [4.69, 9.17) is 10.8 Å². The molecule has 0 fully saturated rings. The molecule has 6 heteroatoms. The fraction of sp³-hybridized carbons (Fsp3) is 0.182. The topological polar surface area (TPSA) is 74.9 Å². The van der Waals surface area contributed by atoms with E-state index in [1.54, 1.807) is 0 Å². The van der Waals surface area contributed by atoms with Crippen LogP contribution in [0, 0.1) is 11.6 Å². The minimum atomic E-state index is -0.683. The summed E-state index contributed by atoms with van der Waals surface area (Å²) in [6, 6.07) is 2.62.